The molecule has 4 heterocycles. The molecule has 3 aliphatic heterocycles. The SMILES string of the molecule is CN1C(=S)N2c3nc(N4CCOCC4)nn3C(=S)N(C)N(C)C2(C)N1C. The topological polar surface area (TPSA) is 59.4 Å². The molecule has 0 bridgehead atoms. The predicted octanol–water partition coefficient (Wildman–Crippen LogP) is -0.403. The van der Waals surface area contributed by atoms with Crippen molar-refractivity contribution in [1.82, 2.24) is 34.8 Å². The highest BCUT2D eigenvalue weighted by atomic mass is 32.1. The molecule has 0 N–H and O–H groups in total. The van der Waals surface area contributed by atoms with Crippen LogP contribution in [0.4, 0.5) is 11.9 Å². The molecule has 4 rings (SSSR count). The summed E-state index contributed by atoms with van der Waals surface area (Å²) in [5.74, 6) is 0.663. The third kappa shape index (κ3) is 2.19. The van der Waals surface area contributed by atoms with Crippen molar-refractivity contribution in [2.24, 2.45) is 0 Å². The van der Waals surface area contributed by atoms with Crippen molar-refractivity contribution in [3.8, 4) is 0 Å². The van der Waals surface area contributed by atoms with E-state index in [0.717, 1.165) is 13.1 Å². The molecule has 1 aromatic rings. The molecule has 10 nitrogen and oxygen atoms in total. The Hall–Kier alpha value is -1.60. The molecule has 12 heteroatoms. The van der Waals surface area contributed by atoms with Crippen molar-refractivity contribution in [3.63, 3.8) is 0 Å². The summed E-state index contributed by atoms with van der Waals surface area (Å²) in [7, 11) is 7.84. The molecule has 0 amide bonds. The smallest absolute Gasteiger partial charge is 0.247 e. The van der Waals surface area contributed by atoms with Crippen LogP contribution in [0.2, 0.25) is 0 Å². The molecule has 1 aromatic heterocycles. The van der Waals surface area contributed by atoms with E-state index >= 15 is 0 Å². The summed E-state index contributed by atoms with van der Waals surface area (Å²) in [4.78, 5) is 8.93. The maximum atomic E-state index is 5.73. The number of ether oxygens (including phenoxy) is 1. The number of hydrazine groups is 2. The van der Waals surface area contributed by atoms with Crippen molar-refractivity contribution in [1.29, 1.82) is 0 Å². The fourth-order valence-electron chi connectivity index (χ4n) is 3.53. The third-order valence-corrected chi connectivity index (χ3v) is 6.43. The van der Waals surface area contributed by atoms with Gasteiger partial charge in [-0.15, -0.1) is 5.10 Å². The summed E-state index contributed by atoms with van der Waals surface area (Å²) in [5, 5.41) is 13.8. The first-order valence-electron chi connectivity index (χ1n) is 8.41. The highest BCUT2D eigenvalue weighted by Crippen LogP contribution is 2.39. The number of rotatable bonds is 1. The zero-order chi connectivity index (χ0) is 18.8. The van der Waals surface area contributed by atoms with Gasteiger partial charge in [0.25, 0.3) is 0 Å². The Bertz CT molecular complexity index is 764. The molecule has 0 saturated carbocycles. The minimum atomic E-state index is -0.603. The van der Waals surface area contributed by atoms with Crippen LogP contribution in [0.25, 0.3) is 0 Å². The van der Waals surface area contributed by atoms with Crippen LogP contribution in [-0.4, -0.2) is 105 Å². The number of morpholine rings is 1. The van der Waals surface area contributed by atoms with Crippen LogP contribution in [0, 0.1) is 0 Å². The van der Waals surface area contributed by atoms with Gasteiger partial charge in [0.2, 0.25) is 17.0 Å². The maximum absolute atomic E-state index is 5.73. The summed E-state index contributed by atoms with van der Waals surface area (Å²) >= 11 is 11.4. The van der Waals surface area contributed by atoms with Gasteiger partial charge in [0, 0.05) is 41.3 Å². The number of anilines is 2. The Kier molecular flexibility index (Phi) is 4.08. The van der Waals surface area contributed by atoms with Crippen molar-refractivity contribution < 1.29 is 4.74 Å². The van der Waals surface area contributed by atoms with E-state index in [9.17, 15) is 0 Å². The van der Waals surface area contributed by atoms with Crippen molar-refractivity contribution in [3.05, 3.63) is 0 Å². The molecule has 2 saturated heterocycles. The summed E-state index contributed by atoms with van der Waals surface area (Å²) in [5.41, 5.74) is 0. The molecule has 3 aliphatic rings. The molecule has 2 fully saturated rings. The van der Waals surface area contributed by atoms with Crippen LogP contribution in [0.1, 0.15) is 6.92 Å². The van der Waals surface area contributed by atoms with Gasteiger partial charge in [-0.2, -0.15) is 19.7 Å². The van der Waals surface area contributed by atoms with E-state index in [0.29, 0.717) is 35.3 Å². The molecular formula is C14H23N9OS2. The van der Waals surface area contributed by atoms with Crippen LogP contribution < -0.4 is 9.80 Å². The summed E-state index contributed by atoms with van der Waals surface area (Å²) in [6, 6.07) is 0. The molecule has 1 unspecified atom stereocenters. The van der Waals surface area contributed by atoms with Gasteiger partial charge in [0.1, 0.15) is 0 Å². The number of thiocarbonyl (C=S) groups is 2. The van der Waals surface area contributed by atoms with Gasteiger partial charge in [-0.05, 0) is 31.4 Å². The normalized spacial score (nSPS) is 27.9. The van der Waals surface area contributed by atoms with Gasteiger partial charge in [-0.25, -0.2) is 4.90 Å². The van der Waals surface area contributed by atoms with Crippen LogP contribution in [0.5, 0.6) is 0 Å². The fraction of sp³-hybridized carbons (Fsp3) is 0.714. The number of fused-ring (bicyclic) bond motifs is 3. The van der Waals surface area contributed by atoms with Gasteiger partial charge in [-0.3, -0.25) is 10.0 Å². The Morgan fingerprint density at radius 1 is 0.962 bits per heavy atom. The standard InChI is InChI=1S/C14H23N9OS2/c1-14-19(4)17(2)12(25)22(14)11-15-10(21-6-8-24-9-7-21)16-23(11)13(26)18(3)20(14)5/h6-9H2,1-5H3. The van der Waals surface area contributed by atoms with Gasteiger partial charge in [-0.1, -0.05) is 0 Å². The van der Waals surface area contributed by atoms with Crippen LogP contribution in [-0.2, 0) is 4.74 Å². The minimum Gasteiger partial charge on any atom is -0.378 e. The van der Waals surface area contributed by atoms with E-state index in [2.05, 4.69) is 16.8 Å². The molecule has 1 atom stereocenters. The van der Waals surface area contributed by atoms with E-state index in [4.69, 9.17) is 39.3 Å². The van der Waals surface area contributed by atoms with Crippen LogP contribution in [0.15, 0.2) is 0 Å². The van der Waals surface area contributed by atoms with Gasteiger partial charge < -0.3 is 9.64 Å². The van der Waals surface area contributed by atoms with E-state index < -0.39 is 5.79 Å². The van der Waals surface area contributed by atoms with Crippen LogP contribution in [0.3, 0.4) is 0 Å². The molecule has 142 valence electrons. The molecule has 0 aromatic carbocycles. The van der Waals surface area contributed by atoms with Gasteiger partial charge in [0.15, 0.2) is 10.9 Å². The monoisotopic (exact) mass is 397 g/mol. The highest BCUT2D eigenvalue weighted by molar-refractivity contribution is 7.80. The van der Waals surface area contributed by atoms with Gasteiger partial charge >= 0.3 is 0 Å². The minimum absolute atomic E-state index is 0.545. The quantitative estimate of drug-likeness (QED) is 0.582. The Labute approximate surface area is 163 Å². The molecule has 26 heavy (non-hydrogen) atoms. The number of hydrogen-bond acceptors (Lipinski definition) is 8. The lowest BCUT2D eigenvalue weighted by Gasteiger charge is -2.45. The zero-order valence-corrected chi connectivity index (χ0v) is 17.2. The van der Waals surface area contributed by atoms with Gasteiger partial charge in [0.05, 0.1) is 13.2 Å². The molecule has 0 radical (unpaired) electrons. The van der Waals surface area contributed by atoms with E-state index in [1.54, 1.807) is 4.68 Å². The summed E-state index contributed by atoms with van der Waals surface area (Å²) in [6.07, 6.45) is 0. The lowest BCUT2D eigenvalue weighted by Crippen LogP contribution is -2.65. The van der Waals surface area contributed by atoms with Crippen molar-refractivity contribution in [2.75, 3.05) is 64.3 Å². The lowest BCUT2D eigenvalue weighted by atomic mass is 10.3. The first-order chi connectivity index (χ1) is 12.3. The van der Waals surface area contributed by atoms with Crippen LogP contribution >= 0.6 is 24.4 Å². The Morgan fingerprint density at radius 2 is 1.54 bits per heavy atom. The average Bonchev–Trinajstić information content (AvgIpc) is 3.14. The maximum Gasteiger partial charge on any atom is 0.247 e. The second-order valence-corrected chi connectivity index (χ2v) is 7.42. The number of aromatic nitrogens is 3. The van der Waals surface area contributed by atoms with E-state index in [-0.39, 0.29) is 0 Å². The van der Waals surface area contributed by atoms with Crippen molar-refractivity contribution in [2.45, 2.75) is 12.7 Å². The first kappa shape index (κ1) is 17.8. The fourth-order valence-corrected chi connectivity index (χ4v) is 4.15. The molecular weight excluding hydrogens is 374 g/mol. The van der Waals surface area contributed by atoms with E-state index in [1.807, 2.05) is 48.1 Å². The summed E-state index contributed by atoms with van der Waals surface area (Å²) in [6.45, 7) is 4.94. The number of nitrogens with zero attached hydrogens (tertiary/aromatic N) is 9. The Morgan fingerprint density at radius 3 is 2.15 bits per heavy atom. The third-order valence-electron chi connectivity index (χ3n) is 5.55. The largest absolute Gasteiger partial charge is 0.378 e. The average molecular weight is 398 g/mol. The second-order valence-electron chi connectivity index (χ2n) is 6.69. The van der Waals surface area contributed by atoms with E-state index in [1.165, 1.54) is 0 Å². The van der Waals surface area contributed by atoms with Crippen molar-refractivity contribution >= 4 is 46.6 Å². The highest BCUT2D eigenvalue weighted by Gasteiger charge is 2.56. The first-order valence-corrected chi connectivity index (χ1v) is 9.23. The zero-order valence-electron chi connectivity index (χ0n) is 15.6. The Balaban J connectivity index is 1.87. The number of hydrogen-bond donors (Lipinski definition) is 0. The molecule has 0 aliphatic carbocycles. The molecule has 0 spiro atoms. The summed E-state index contributed by atoms with van der Waals surface area (Å²) < 4.78 is 7.13. The predicted molar refractivity (Wildman–Crippen MR) is 106 cm³/mol. The second kappa shape index (κ2) is 5.96. The lowest BCUT2D eigenvalue weighted by molar-refractivity contribution is -0.127.